The van der Waals surface area contributed by atoms with Gasteiger partial charge < -0.3 is 9.72 Å². The van der Waals surface area contributed by atoms with Crippen LogP contribution in [0.2, 0.25) is 0 Å². The first kappa shape index (κ1) is 19.9. The van der Waals surface area contributed by atoms with Crippen LogP contribution in [-0.2, 0) is 23.5 Å². The molecule has 0 aliphatic carbocycles. The molecule has 0 radical (unpaired) electrons. The fourth-order valence-electron chi connectivity index (χ4n) is 3.05. The first-order valence-corrected chi connectivity index (χ1v) is 10.8. The lowest BCUT2D eigenvalue weighted by atomic mass is 10.1. The van der Waals surface area contributed by atoms with Crippen molar-refractivity contribution in [1.29, 1.82) is 0 Å². The number of aromatic amines is 1. The lowest BCUT2D eigenvalue weighted by Crippen LogP contribution is -2.13. The SMILES string of the molecule is CCCc1nn(C)c2c(=O)[nH]c(-c3cc(NS(C)(=O)=O)ccc3OCC)nc12. The van der Waals surface area contributed by atoms with Crippen LogP contribution >= 0.6 is 0 Å². The number of ether oxygens (including phenoxy) is 1. The number of benzene rings is 1. The maximum Gasteiger partial charge on any atom is 0.277 e. The molecule has 0 amide bonds. The molecule has 0 fully saturated rings. The van der Waals surface area contributed by atoms with Gasteiger partial charge >= 0.3 is 0 Å². The standard InChI is InChI=1S/C18H23N5O4S/c1-5-7-13-15-16(23(3)21-13)18(24)20-17(19-15)12-10-11(22-28(4,25)26)8-9-14(12)27-6-2/h8-10,22H,5-7H2,1-4H3,(H,19,20,24). The summed E-state index contributed by atoms with van der Waals surface area (Å²) < 4.78 is 32.8. The van der Waals surface area contributed by atoms with Crippen molar-refractivity contribution in [3.8, 4) is 17.1 Å². The monoisotopic (exact) mass is 405 g/mol. The Kier molecular flexibility index (Phi) is 5.41. The first-order valence-electron chi connectivity index (χ1n) is 8.94. The average Bonchev–Trinajstić information content (AvgIpc) is 2.92. The zero-order chi connectivity index (χ0) is 20.5. The highest BCUT2D eigenvalue weighted by Gasteiger charge is 2.18. The van der Waals surface area contributed by atoms with E-state index >= 15 is 0 Å². The third kappa shape index (κ3) is 4.01. The topological polar surface area (TPSA) is 119 Å². The largest absolute Gasteiger partial charge is 0.493 e. The second-order valence-electron chi connectivity index (χ2n) is 6.45. The number of H-pyrrole nitrogens is 1. The van der Waals surface area contributed by atoms with Gasteiger partial charge in [0.1, 0.15) is 17.1 Å². The molecule has 9 nitrogen and oxygen atoms in total. The number of aryl methyl sites for hydroxylation is 2. The molecule has 2 heterocycles. The number of nitrogens with one attached hydrogen (secondary N) is 2. The molecule has 0 bridgehead atoms. The number of aromatic nitrogens is 4. The Morgan fingerprint density at radius 2 is 2.04 bits per heavy atom. The maximum atomic E-state index is 12.7. The summed E-state index contributed by atoms with van der Waals surface area (Å²) in [5.74, 6) is 0.786. The number of sulfonamides is 1. The fraction of sp³-hybridized carbons (Fsp3) is 0.389. The minimum absolute atomic E-state index is 0.295. The van der Waals surface area contributed by atoms with E-state index in [4.69, 9.17) is 4.74 Å². The lowest BCUT2D eigenvalue weighted by molar-refractivity contribution is 0.341. The summed E-state index contributed by atoms with van der Waals surface area (Å²) in [6.45, 7) is 4.28. The zero-order valence-corrected chi connectivity index (χ0v) is 17.1. The van der Waals surface area contributed by atoms with E-state index in [2.05, 4.69) is 19.8 Å². The Labute approximate surface area is 162 Å². The van der Waals surface area contributed by atoms with E-state index in [9.17, 15) is 13.2 Å². The predicted molar refractivity (Wildman–Crippen MR) is 108 cm³/mol. The van der Waals surface area contributed by atoms with Crippen molar-refractivity contribution in [2.75, 3.05) is 17.6 Å². The van der Waals surface area contributed by atoms with Gasteiger partial charge in [-0.05, 0) is 31.5 Å². The molecular formula is C18H23N5O4S. The van der Waals surface area contributed by atoms with Gasteiger partial charge in [0.05, 0.1) is 24.1 Å². The Hall–Kier alpha value is -2.88. The molecule has 0 atom stereocenters. The highest BCUT2D eigenvalue weighted by Crippen LogP contribution is 2.31. The van der Waals surface area contributed by atoms with E-state index in [1.54, 1.807) is 25.2 Å². The molecule has 3 aromatic rings. The smallest absolute Gasteiger partial charge is 0.277 e. The van der Waals surface area contributed by atoms with Gasteiger partial charge in [-0.1, -0.05) is 13.3 Å². The van der Waals surface area contributed by atoms with Crippen LogP contribution in [0.1, 0.15) is 26.0 Å². The second kappa shape index (κ2) is 7.63. The van der Waals surface area contributed by atoms with Gasteiger partial charge in [0.15, 0.2) is 5.52 Å². The van der Waals surface area contributed by atoms with Crippen LogP contribution in [0.3, 0.4) is 0 Å². The molecule has 10 heteroatoms. The molecule has 2 aromatic heterocycles. The molecule has 0 saturated heterocycles. The van der Waals surface area contributed by atoms with Gasteiger partial charge in [-0.3, -0.25) is 14.2 Å². The van der Waals surface area contributed by atoms with Gasteiger partial charge in [0.25, 0.3) is 5.56 Å². The van der Waals surface area contributed by atoms with Crippen LogP contribution in [0.15, 0.2) is 23.0 Å². The first-order chi connectivity index (χ1) is 13.2. The molecule has 0 aliphatic heterocycles. The van der Waals surface area contributed by atoms with Crippen molar-refractivity contribution < 1.29 is 13.2 Å². The second-order valence-corrected chi connectivity index (χ2v) is 8.20. The Balaban J connectivity index is 2.23. The lowest BCUT2D eigenvalue weighted by Gasteiger charge is -2.12. The van der Waals surface area contributed by atoms with Gasteiger partial charge in [0.2, 0.25) is 10.0 Å². The van der Waals surface area contributed by atoms with Crippen LogP contribution in [0.5, 0.6) is 5.75 Å². The summed E-state index contributed by atoms with van der Waals surface area (Å²) >= 11 is 0. The Morgan fingerprint density at radius 3 is 2.68 bits per heavy atom. The van der Waals surface area contributed by atoms with Crippen LogP contribution in [0.4, 0.5) is 5.69 Å². The molecule has 1 aromatic carbocycles. The summed E-state index contributed by atoms with van der Waals surface area (Å²) in [5.41, 5.74) is 2.20. The zero-order valence-electron chi connectivity index (χ0n) is 16.2. The normalized spacial score (nSPS) is 11.7. The number of hydrogen-bond donors (Lipinski definition) is 2. The highest BCUT2D eigenvalue weighted by molar-refractivity contribution is 7.92. The summed E-state index contributed by atoms with van der Waals surface area (Å²) in [6, 6.07) is 4.83. The van der Waals surface area contributed by atoms with Crippen LogP contribution in [0, 0.1) is 0 Å². The van der Waals surface area contributed by atoms with Crippen LogP contribution < -0.4 is 15.0 Å². The van der Waals surface area contributed by atoms with E-state index in [0.717, 1.165) is 18.4 Å². The van der Waals surface area contributed by atoms with E-state index < -0.39 is 10.0 Å². The van der Waals surface area contributed by atoms with E-state index in [1.807, 2.05) is 13.8 Å². The average molecular weight is 405 g/mol. The molecule has 2 N–H and O–H groups in total. The Bertz CT molecular complexity index is 1180. The van der Waals surface area contributed by atoms with Crippen molar-refractivity contribution in [3.05, 3.63) is 34.2 Å². The fourth-order valence-corrected chi connectivity index (χ4v) is 3.61. The van der Waals surface area contributed by atoms with Crippen LogP contribution in [0.25, 0.3) is 22.4 Å². The van der Waals surface area contributed by atoms with Crippen molar-refractivity contribution in [3.63, 3.8) is 0 Å². The third-order valence-corrected chi connectivity index (χ3v) is 4.69. The number of nitrogens with zero attached hydrogens (tertiary/aromatic N) is 3. The summed E-state index contributed by atoms with van der Waals surface area (Å²) in [5, 5.41) is 4.41. The van der Waals surface area contributed by atoms with E-state index in [1.165, 1.54) is 4.68 Å². The Morgan fingerprint density at radius 1 is 1.29 bits per heavy atom. The molecule has 0 saturated carbocycles. The minimum Gasteiger partial charge on any atom is -0.493 e. The molecular weight excluding hydrogens is 382 g/mol. The number of fused-ring (bicyclic) bond motifs is 1. The highest BCUT2D eigenvalue weighted by atomic mass is 32.2. The molecule has 28 heavy (non-hydrogen) atoms. The molecule has 3 rings (SSSR count). The van der Waals surface area contributed by atoms with Crippen molar-refractivity contribution in [2.45, 2.75) is 26.7 Å². The van der Waals surface area contributed by atoms with Gasteiger partial charge in [-0.25, -0.2) is 13.4 Å². The quantitative estimate of drug-likeness (QED) is 0.621. The van der Waals surface area contributed by atoms with E-state index in [0.29, 0.717) is 46.9 Å². The molecule has 150 valence electrons. The van der Waals surface area contributed by atoms with E-state index in [-0.39, 0.29) is 5.56 Å². The summed E-state index contributed by atoms with van der Waals surface area (Å²) in [7, 11) is -1.74. The van der Waals surface area contributed by atoms with Crippen molar-refractivity contribution in [2.24, 2.45) is 7.05 Å². The third-order valence-electron chi connectivity index (χ3n) is 4.09. The molecule has 0 spiro atoms. The van der Waals surface area contributed by atoms with Gasteiger partial charge in [0, 0.05) is 12.7 Å². The summed E-state index contributed by atoms with van der Waals surface area (Å²) in [4.78, 5) is 20.1. The maximum absolute atomic E-state index is 12.7. The number of rotatable bonds is 7. The molecule has 0 aliphatic rings. The number of anilines is 1. The predicted octanol–water partition coefficient (Wildman–Crippen LogP) is 2.05. The number of hydrogen-bond acceptors (Lipinski definition) is 6. The van der Waals surface area contributed by atoms with Crippen LogP contribution in [-0.4, -0.2) is 41.0 Å². The minimum atomic E-state index is -3.45. The van der Waals surface area contributed by atoms with Gasteiger partial charge in [-0.15, -0.1) is 0 Å². The molecule has 0 unspecified atom stereocenters. The van der Waals surface area contributed by atoms with Gasteiger partial charge in [-0.2, -0.15) is 5.10 Å². The summed E-state index contributed by atoms with van der Waals surface area (Å²) in [6.07, 6.45) is 2.64. The van der Waals surface area contributed by atoms with Crippen molar-refractivity contribution in [1.82, 2.24) is 19.7 Å². The van der Waals surface area contributed by atoms with Crippen molar-refractivity contribution >= 4 is 26.7 Å².